The van der Waals surface area contributed by atoms with Gasteiger partial charge in [-0.25, -0.2) is 5.10 Å². The third kappa shape index (κ3) is 2.11. The number of aromatic amines is 1. The van der Waals surface area contributed by atoms with Crippen molar-refractivity contribution in [2.75, 3.05) is 11.4 Å². The lowest BCUT2D eigenvalue weighted by Crippen LogP contribution is -2.19. The SMILES string of the molecule is CCN(c1ccccc1)c1ccc(=O)[nH]n1. The summed E-state index contributed by atoms with van der Waals surface area (Å²) in [5.74, 6) is 0.744. The van der Waals surface area contributed by atoms with Gasteiger partial charge >= 0.3 is 0 Å². The van der Waals surface area contributed by atoms with Crippen LogP contribution in [0, 0.1) is 0 Å². The number of hydrogen-bond acceptors (Lipinski definition) is 3. The average Bonchev–Trinajstić information content (AvgIpc) is 2.34. The van der Waals surface area contributed by atoms with Gasteiger partial charge in [-0.05, 0) is 25.1 Å². The van der Waals surface area contributed by atoms with Crippen molar-refractivity contribution >= 4 is 11.5 Å². The van der Waals surface area contributed by atoms with Crippen LogP contribution in [0.2, 0.25) is 0 Å². The third-order valence-corrected chi connectivity index (χ3v) is 2.33. The summed E-state index contributed by atoms with van der Waals surface area (Å²) in [5.41, 5.74) is 0.873. The molecule has 1 N–H and O–H groups in total. The lowest BCUT2D eigenvalue weighted by Gasteiger charge is -2.21. The van der Waals surface area contributed by atoms with E-state index in [0.29, 0.717) is 0 Å². The van der Waals surface area contributed by atoms with Gasteiger partial charge in [0.1, 0.15) is 0 Å². The van der Waals surface area contributed by atoms with Crippen molar-refractivity contribution in [3.63, 3.8) is 0 Å². The summed E-state index contributed by atoms with van der Waals surface area (Å²) in [6, 6.07) is 13.1. The Labute approximate surface area is 93.5 Å². The van der Waals surface area contributed by atoms with Crippen LogP contribution < -0.4 is 10.5 Å². The van der Waals surface area contributed by atoms with E-state index < -0.39 is 0 Å². The number of anilines is 2. The molecular weight excluding hydrogens is 202 g/mol. The minimum Gasteiger partial charge on any atom is -0.325 e. The summed E-state index contributed by atoms with van der Waals surface area (Å²) in [6.07, 6.45) is 0. The second-order valence-electron chi connectivity index (χ2n) is 3.36. The fourth-order valence-corrected chi connectivity index (χ4v) is 1.57. The van der Waals surface area contributed by atoms with Gasteiger partial charge < -0.3 is 4.90 Å². The summed E-state index contributed by atoms with van der Waals surface area (Å²) in [6.45, 7) is 2.84. The molecule has 1 aromatic carbocycles. The molecule has 82 valence electrons. The minimum atomic E-state index is -0.187. The van der Waals surface area contributed by atoms with Gasteiger partial charge in [0.25, 0.3) is 5.56 Å². The average molecular weight is 215 g/mol. The standard InChI is InChI=1S/C12H13N3O/c1-2-15(10-6-4-3-5-7-10)11-8-9-12(16)14-13-11/h3-9H,2H2,1H3,(H,14,16). The number of hydrogen-bond donors (Lipinski definition) is 1. The van der Waals surface area contributed by atoms with Gasteiger partial charge in [0.15, 0.2) is 5.82 Å². The van der Waals surface area contributed by atoms with Crippen LogP contribution >= 0.6 is 0 Å². The van der Waals surface area contributed by atoms with Gasteiger partial charge in [-0.3, -0.25) is 4.79 Å². The van der Waals surface area contributed by atoms with Crippen LogP contribution in [0.4, 0.5) is 11.5 Å². The molecule has 2 rings (SSSR count). The highest BCUT2D eigenvalue weighted by atomic mass is 16.1. The van der Waals surface area contributed by atoms with Crippen molar-refractivity contribution in [3.8, 4) is 0 Å². The summed E-state index contributed by atoms with van der Waals surface area (Å²) in [5, 5.41) is 6.45. The molecule has 0 fully saturated rings. The van der Waals surface area contributed by atoms with E-state index in [1.165, 1.54) is 6.07 Å². The van der Waals surface area contributed by atoms with Gasteiger partial charge in [-0.2, -0.15) is 5.10 Å². The molecule has 0 amide bonds. The zero-order valence-corrected chi connectivity index (χ0v) is 9.05. The fraction of sp³-hybridized carbons (Fsp3) is 0.167. The number of benzene rings is 1. The van der Waals surface area contributed by atoms with Crippen molar-refractivity contribution in [3.05, 3.63) is 52.8 Å². The summed E-state index contributed by atoms with van der Waals surface area (Å²) < 4.78 is 0. The van der Waals surface area contributed by atoms with Crippen LogP contribution in [0.5, 0.6) is 0 Å². The lowest BCUT2D eigenvalue weighted by atomic mass is 10.3. The Balaban J connectivity index is 2.37. The van der Waals surface area contributed by atoms with Crippen LogP contribution in [-0.2, 0) is 0 Å². The van der Waals surface area contributed by atoms with Gasteiger partial charge in [-0.15, -0.1) is 0 Å². The zero-order chi connectivity index (χ0) is 11.4. The Bertz CT molecular complexity index is 487. The summed E-state index contributed by atoms with van der Waals surface area (Å²) >= 11 is 0. The number of rotatable bonds is 3. The predicted molar refractivity (Wildman–Crippen MR) is 64.0 cm³/mol. The van der Waals surface area contributed by atoms with E-state index in [1.807, 2.05) is 42.2 Å². The second-order valence-corrected chi connectivity index (χ2v) is 3.36. The maximum Gasteiger partial charge on any atom is 0.264 e. The first-order chi connectivity index (χ1) is 7.81. The molecule has 0 radical (unpaired) electrons. The fourth-order valence-electron chi connectivity index (χ4n) is 1.57. The smallest absolute Gasteiger partial charge is 0.264 e. The first-order valence-electron chi connectivity index (χ1n) is 5.19. The predicted octanol–water partition coefficient (Wildman–Crippen LogP) is 1.93. The van der Waals surface area contributed by atoms with Crippen LogP contribution in [0.25, 0.3) is 0 Å². The Kier molecular flexibility index (Phi) is 3.00. The van der Waals surface area contributed by atoms with Crippen LogP contribution in [0.15, 0.2) is 47.3 Å². The van der Waals surface area contributed by atoms with Gasteiger partial charge in [0, 0.05) is 18.3 Å². The van der Waals surface area contributed by atoms with Crippen LogP contribution in [0.1, 0.15) is 6.92 Å². The van der Waals surface area contributed by atoms with Crippen molar-refractivity contribution < 1.29 is 0 Å². The first-order valence-corrected chi connectivity index (χ1v) is 5.19. The van der Waals surface area contributed by atoms with Crippen molar-refractivity contribution in [2.45, 2.75) is 6.92 Å². The Morgan fingerprint density at radius 3 is 2.50 bits per heavy atom. The van der Waals surface area contributed by atoms with E-state index in [1.54, 1.807) is 6.07 Å². The van der Waals surface area contributed by atoms with Gasteiger partial charge in [0.05, 0.1) is 0 Å². The van der Waals surface area contributed by atoms with E-state index in [0.717, 1.165) is 18.1 Å². The molecule has 0 aliphatic rings. The Hall–Kier alpha value is -2.10. The molecular formula is C12H13N3O. The molecule has 4 heteroatoms. The maximum absolute atomic E-state index is 10.9. The summed E-state index contributed by atoms with van der Waals surface area (Å²) in [7, 11) is 0. The van der Waals surface area contributed by atoms with Gasteiger partial charge in [-0.1, -0.05) is 18.2 Å². The maximum atomic E-state index is 10.9. The highest BCUT2D eigenvalue weighted by molar-refractivity contribution is 5.58. The molecule has 0 saturated heterocycles. The topological polar surface area (TPSA) is 49.0 Å². The van der Waals surface area contributed by atoms with Gasteiger partial charge in [0.2, 0.25) is 0 Å². The van der Waals surface area contributed by atoms with Crippen molar-refractivity contribution in [2.24, 2.45) is 0 Å². The number of nitrogens with zero attached hydrogens (tertiary/aromatic N) is 2. The third-order valence-electron chi connectivity index (χ3n) is 2.33. The van der Waals surface area contributed by atoms with Crippen molar-refractivity contribution in [1.29, 1.82) is 0 Å². The minimum absolute atomic E-state index is 0.187. The molecule has 1 heterocycles. The molecule has 0 bridgehead atoms. The number of aromatic nitrogens is 2. The molecule has 0 unspecified atom stereocenters. The number of nitrogens with one attached hydrogen (secondary N) is 1. The Morgan fingerprint density at radius 1 is 1.19 bits per heavy atom. The molecule has 0 aliphatic heterocycles. The van der Waals surface area contributed by atoms with Crippen LogP contribution in [-0.4, -0.2) is 16.7 Å². The molecule has 0 aliphatic carbocycles. The molecule has 0 atom stereocenters. The van der Waals surface area contributed by atoms with E-state index in [-0.39, 0.29) is 5.56 Å². The van der Waals surface area contributed by atoms with E-state index in [9.17, 15) is 4.79 Å². The molecule has 1 aromatic heterocycles. The van der Waals surface area contributed by atoms with E-state index in [2.05, 4.69) is 10.2 Å². The molecule has 2 aromatic rings. The number of para-hydroxylation sites is 1. The monoisotopic (exact) mass is 215 g/mol. The van der Waals surface area contributed by atoms with Crippen molar-refractivity contribution in [1.82, 2.24) is 10.2 Å². The second kappa shape index (κ2) is 4.61. The molecule has 4 nitrogen and oxygen atoms in total. The largest absolute Gasteiger partial charge is 0.325 e. The molecule has 16 heavy (non-hydrogen) atoms. The molecule has 0 spiro atoms. The zero-order valence-electron chi connectivity index (χ0n) is 9.05. The number of H-pyrrole nitrogens is 1. The first kappa shape index (κ1) is 10.4. The van der Waals surface area contributed by atoms with E-state index in [4.69, 9.17) is 0 Å². The highest BCUT2D eigenvalue weighted by Gasteiger charge is 2.07. The lowest BCUT2D eigenvalue weighted by molar-refractivity contribution is 0.914. The quantitative estimate of drug-likeness (QED) is 0.851. The summed E-state index contributed by atoms with van der Waals surface area (Å²) in [4.78, 5) is 13.0. The normalized spacial score (nSPS) is 10.1. The van der Waals surface area contributed by atoms with Crippen LogP contribution in [0.3, 0.4) is 0 Å². The Morgan fingerprint density at radius 2 is 1.94 bits per heavy atom. The highest BCUT2D eigenvalue weighted by Crippen LogP contribution is 2.20. The van der Waals surface area contributed by atoms with E-state index >= 15 is 0 Å². The molecule has 0 saturated carbocycles.